The number of hydrogen-bond donors (Lipinski definition) is 1. The van der Waals surface area contributed by atoms with E-state index in [0.29, 0.717) is 13.2 Å². The van der Waals surface area contributed by atoms with Gasteiger partial charge < -0.3 is 14.7 Å². The highest BCUT2D eigenvalue weighted by Crippen LogP contribution is 2.22. The Morgan fingerprint density at radius 1 is 1.44 bits per heavy atom. The van der Waals surface area contributed by atoms with E-state index < -0.39 is 5.97 Å². The van der Waals surface area contributed by atoms with E-state index in [1.807, 2.05) is 38.1 Å². The zero-order valence-electron chi connectivity index (χ0n) is 11.2. The number of carboxylic acid groups (broad SMARTS) is 1. The number of hydrogen-bond acceptors (Lipinski definition) is 3. The summed E-state index contributed by atoms with van der Waals surface area (Å²) in [5.41, 5.74) is 2.22. The van der Waals surface area contributed by atoms with Crippen molar-refractivity contribution in [2.24, 2.45) is 0 Å². The van der Waals surface area contributed by atoms with E-state index in [-0.39, 0.29) is 12.5 Å². The van der Waals surface area contributed by atoms with E-state index in [1.54, 1.807) is 7.11 Å². The van der Waals surface area contributed by atoms with Crippen molar-refractivity contribution >= 4 is 11.7 Å². The average molecular weight is 251 g/mol. The summed E-state index contributed by atoms with van der Waals surface area (Å²) in [6.45, 7) is 5.14. The molecule has 0 aliphatic carbocycles. The molecule has 1 unspecified atom stereocenters. The molecule has 1 N–H and O–H groups in total. The molecule has 18 heavy (non-hydrogen) atoms. The van der Waals surface area contributed by atoms with E-state index >= 15 is 0 Å². The molecule has 1 atom stereocenters. The van der Waals surface area contributed by atoms with Crippen LogP contribution in [0.15, 0.2) is 24.3 Å². The number of methoxy groups -OCH3 is 1. The van der Waals surface area contributed by atoms with E-state index in [2.05, 4.69) is 4.90 Å². The molecule has 0 fully saturated rings. The standard InChI is InChI=1S/C14H21NO3/c1-11-6-4-5-7-13(11)15(9-8-14(16)17)12(2)10-18-3/h4-7,12H,8-10H2,1-3H3,(H,16,17). The van der Waals surface area contributed by atoms with Crippen LogP contribution in [0.2, 0.25) is 0 Å². The van der Waals surface area contributed by atoms with Gasteiger partial charge in [-0.1, -0.05) is 18.2 Å². The van der Waals surface area contributed by atoms with Crippen LogP contribution < -0.4 is 4.90 Å². The number of ether oxygens (including phenoxy) is 1. The summed E-state index contributed by atoms with van der Waals surface area (Å²) < 4.78 is 5.16. The van der Waals surface area contributed by atoms with Crippen molar-refractivity contribution in [3.8, 4) is 0 Å². The average Bonchev–Trinajstić information content (AvgIpc) is 2.31. The molecule has 0 aromatic heterocycles. The van der Waals surface area contributed by atoms with Gasteiger partial charge in [0, 0.05) is 25.4 Å². The molecule has 0 bridgehead atoms. The molecular formula is C14H21NO3. The molecule has 0 aliphatic heterocycles. The third-order valence-corrected chi connectivity index (χ3v) is 2.93. The lowest BCUT2D eigenvalue weighted by molar-refractivity contribution is -0.136. The van der Waals surface area contributed by atoms with E-state index in [1.165, 1.54) is 0 Å². The topological polar surface area (TPSA) is 49.8 Å². The first-order valence-corrected chi connectivity index (χ1v) is 6.09. The van der Waals surface area contributed by atoms with Gasteiger partial charge in [-0.05, 0) is 25.5 Å². The van der Waals surface area contributed by atoms with Gasteiger partial charge in [-0.15, -0.1) is 0 Å². The van der Waals surface area contributed by atoms with Crippen LogP contribution >= 0.6 is 0 Å². The maximum Gasteiger partial charge on any atom is 0.305 e. The molecular weight excluding hydrogens is 230 g/mol. The monoisotopic (exact) mass is 251 g/mol. The van der Waals surface area contributed by atoms with Gasteiger partial charge in [-0.2, -0.15) is 0 Å². The van der Waals surface area contributed by atoms with E-state index in [0.717, 1.165) is 11.3 Å². The van der Waals surface area contributed by atoms with Crippen molar-refractivity contribution < 1.29 is 14.6 Å². The number of carboxylic acids is 1. The number of anilines is 1. The minimum Gasteiger partial charge on any atom is -0.481 e. The summed E-state index contributed by atoms with van der Waals surface area (Å²) in [4.78, 5) is 12.8. The zero-order valence-corrected chi connectivity index (χ0v) is 11.2. The number of benzene rings is 1. The van der Waals surface area contributed by atoms with E-state index in [9.17, 15) is 4.79 Å². The van der Waals surface area contributed by atoms with Gasteiger partial charge in [0.05, 0.1) is 13.0 Å². The molecule has 0 amide bonds. The number of nitrogens with zero attached hydrogens (tertiary/aromatic N) is 1. The largest absolute Gasteiger partial charge is 0.481 e. The van der Waals surface area contributed by atoms with Gasteiger partial charge in [0.15, 0.2) is 0 Å². The maximum atomic E-state index is 10.7. The fraction of sp³-hybridized carbons (Fsp3) is 0.500. The first-order chi connectivity index (χ1) is 8.56. The molecule has 4 nitrogen and oxygen atoms in total. The molecule has 1 aromatic carbocycles. The Hall–Kier alpha value is -1.55. The molecule has 1 rings (SSSR count). The van der Waals surface area contributed by atoms with Crippen LogP contribution in [0.4, 0.5) is 5.69 Å². The molecule has 4 heteroatoms. The van der Waals surface area contributed by atoms with Crippen LogP contribution in [0.1, 0.15) is 18.9 Å². The van der Waals surface area contributed by atoms with Crippen LogP contribution in [-0.2, 0) is 9.53 Å². The smallest absolute Gasteiger partial charge is 0.305 e. The van der Waals surface area contributed by atoms with Crippen molar-refractivity contribution in [2.75, 3.05) is 25.2 Å². The molecule has 0 saturated heterocycles. The molecule has 0 heterocycles. The second-order valence-electron chi connectivity index (χ2n) is 4.43. The SMILES string of the molecule is COCC(C)N(CCC(=O)O)c1ccccc1C. The Balaban J connectivity index is 2.89. The predicted molar refractivity (Wildman–Crippen MR) is 72.1 cm³/mol. The van der Waals surface area contributed by atoms with Gasteiger partial charge in [0.1, 0.15) is 0 Å². The molecule has 0 radical (unpaired) electrons. The van der Waals surface area contributed by atoms with Gasteiger partial charge in [-0.3, -0.25) is 4.79 Å². The Morgan fingerprint density at radius 3 is 2.67 bits per heavy atom. The lowest BCUT2D eigenvalue weighted by atomic mass is 10.1. The van der Waals surface area contributed by atoms with Crippen LogP contribution in [0.3, 0.4) is 0 Å². The van der Waals surface area contributed by atoms with Crippen molar-refractivity contribution in [3.05, 3.63) is 29.8 Å². The second kappa shape index (κ2) is 7.01. The first-order valence-electron chi connectivity index (χ1n) is 6.09. The highest BCUT2D eigenvalue weighted by Gasteiger charge is 2.16. The van der Waals surface area contributed by atoms with Crippen LogP contribution in [0, 0.1) is 6.92 Å². The number of rotatable bonds is 7. The molecule has 0 saturated carbocycles. The third kappa shape index (κ3) is 4.04. The van der Waals surface area contributed by atoms with Crippen LogP contribution in [0.25, 0.3) is 0 Å². The van der Waals surface area contributed by atoms with Crippen LogP contribution in [0.5, 0.6) is 0 Å². The predicted octanol–water partition coefficient (Wildman–Crippen LogP) is 2.31. The second-order valence-corrected chi connectivity index (χ2v) is 4.43. The van der Waals surface area contributed by atoms with Crippen molar-refractivity contribution in [2.45, 2.75) is 26.3 Å². The Bertz CT molecular complexity index is 392. The fourth-order valence-corrected chi connectivity index (χ4v) is 2.01. The Labute approximate surface area is 108 Å². The highest BCUT2D eigenvalue weighted by atomic mass is 16.5. The summed E-state index contributed by atoms with van der Waals surface area (Å²) in [5.74, 6) is -0.779. The summed E-state index contributed by atoms with van der Waals surface area (Å²) in [7, 11) is 1.66. The summed E-state index contributed by atoms with van der Waals surface area (Å²) >= 11 is 0. The van der Waals surface area contributed by atoms with Crippen molar-refractivity contribution in [1.82, 2.24) is 0 Å². The quantitative estimate of drug-likeness (QED) is 0.808. The van der Waals surface area contributed by atoms with Gasteiger partial charge in [0.2, 0.25) is 0 Å². The Kier molecular flexibility index (Phi) is 5.65. The lowest BCUT2D eigenvalue weighted by Crippen LogP contribution is -2.38. The molecule has 0 aliphatic rings. The number of aliphatic carboxylic acids is 1. The molecule has 0 spiro atoms. The maximum absolute atomic E-state index is 10.7. The minimum absolute atomic E-state index is 0.127. The summed E-state index contributed by atoms with van der Waals surface area (Å²) in [6, 6.07) is 8.15. The number of carbonyl (C=O) groups is 1. The summed E-state index contributed by atoms with van der Waals surface area (Å²) in [6.07, 6.45) is 0.127. The molecule has 1 aromatic rings. The normalized spacial score (nSPS) is 12.2. The van der Waals surface area contributed by atoms with Crippen molar-refractivity contribution in [1.29, 1.82) is 0 Å². The van der Waals surface area contributed by atoms with Gasteiger partial charge in [-0.25, -0.2) is 0 Å². The third-order valence-electron chi connectivity index (χ3n) is 2.93. The lowest BCUT2D eigenvalue weighted by Gasteiger charge is -2.31. The number of aryl methyl sites for hydroxylation is 1. The van der Waals surface area contributed by atoms with Crippen LogP contribution in [-0.4, -0.2) is 37.4 Å². The number of para-hydroxylation sites is 1. The highest BCUT2D eigenvalue weighted by molar-refractivity contribution is 5.68. The summed E-state index contributed by atoms with van der Waals surface area (Å²) in [5, 5.41) is 8.83. The van der Waals surface area contributed by atoms with Crippen molar-refractivity contribution in [3.63, 3.8) is 0 Å². The van der Waals surface area contributed by atoms with E-state index in [4.69, 9.17) is 9.84 Å². The Morgan fingerprint density at radius 2 is 2.11 bits per heavy atom. The molecule has 100 valence electrons. The van der Waals surface area contributed by atoms with Gasteiger partial charge >= 0.3 is 5.97 Å². The van der Waals surface area contributed by atoms with Gasteiger partial charge in [0.25, 0.3) is 0 Å². The first kappa shape index (κ1) is 14.5. The minimum atomic E-state index is -0.779. The fourth-order valence-electron chi connectivity index (χ4n) is 2.01. The zero-order chi connectivity index (χ0) is 13.5.